The van der Waals surface area contributed by atoms with Gasteiger partial charge in [-0.25, -0.2) is 4.39 Å². The molecule has 0 saturated carbocycles. The highest BCUT2D eigenvalue weighted by molar-refractivity contribution is 6.62. The van der Waals surface area contributed by atoms with Crippen LogP contribution in [0.1, 0.15) is 38.1 Å². The van der Waals surface area contributed by atoms with Gasteiger partial charge < -0.3 is 14.2 Å². The van der Waals surface area contributed by atoms with Gasteiger partial charge in [0.1, 0.15) is 5.82 Å². The lowest BCUT2D eigenvalue weighted by Crippen LogP contribution is -2.41. The van der Waals surface area contributed by atoms with Crippen molar-refractivity contribution in [2.24, 2.45) is 0 Å². The van der Waals surface area contributed by atoms with E-state index >= 15 is 0 Å². The predicted molar refractivity (Wildman–Crippen MR) is 80.1 cm³/mol. The van der Waals surface area contributed by atoms with Gasteiger partial charge in [-0.15, -0.1) is 0 Å². The van der Waals surface area contributed by atoms with Crippen LogP contribution in [0.2, 0.25) is 0 Å². The van der Waals surface area contributed by atoms with Gasteiger partial charge in [0.05, 0.1) is 11.2 Å². The summed E-state index contributed by atoms with van der Waals surface area (Å²) in [6, 6.07) is 4.24. The van der Waals surface area contributed by atoms with Gasteiger partial charge in [0.25, 0.3) is 5.91 Å². The molecule has 0 spiro atoms. The van der Waals surface area contributed by atoms with Crippen LogP contribution in [0.3, 0.4) is 0 Å². The summed E-state index contributed by atoms with van der Waals surface area (Å²) < 4.78 is 25.8. The summed E-state index contributed by atoms with van der Waals surface area (Å²) in [6.07, 6.45) is 0. The molecule has 1 fully saturated rings. The maximum Gasteiger partial charge on any atom is 0.497 e. The molecule has 0 aromatic heterocycles. The fourth-order valence-electron chi connectivity index (χ4n) is 2.09. The molecule has 21 heavy (non-hydrogen) atoms. The van der Waals surface area contributed by atoms with E-state index in [0.29, 0.717) is 5.56 Å². The molecule has 1 amide bonds. The molecule has 114 valence electrons. The summed E-state index contributed by atoms with van der Waals surface area (Å²) in [5.41, 5.74) is -0.440. The SMILES string of the molecule is CN(C)C(=O)c1ccc(F)c(B2OC(C)(C)C(C)(C)O2)c1. The first-order chi connectivity index (χ1) is 9.55. The highest BCUT2D eigenvalue weighted by Gasteiger charge is 2.52. The van der Waals surface area contributed by atoms with Crippen molar-refractivity contribution in [1.29, 1.82) is 0 Å². The smallest absolute Gasteiger partial charge is 0.399 e. The fraction of sp³-hybridized carbons (Fsp3) is 0.533. The normalized spacial score (nSPS) is 19.7. The molecule has 0 aliphatic carbocycles. The highest BCUT2D eigenvalue weighted by atomic mass is 19.1. The molecule has 0 bridgehead atoms. The molecule has 1 aromatic carbocycles. The van der Waals surface area contributed by atoms with Crippen LogP contribution in [-0.4, -0.2) is 43.2 Å². The molecule has 4 nitrogen and oxygen atoms in total. The van der Waals surface area contributed by atoms with Gasteiger partial charge >= 0.3 is 7.12 Å². The second kappa shape index (κ2) is 5.11. The number of nitrogens with zero attached hydrogens (tertiary/aromatic N) is 1. The molecule has 1 aromatic rings. The lowest BCUT2D eigenvalue weighted by molar-refractivity contribution is 0.00578. The molecule has 1 saturated heterocycles. The van der Waals surface area contributed by atoms with Crippen LogP contribution >= 0.6 is 0 Å². The molecule has 2 rings (SSSR count). The Morgan fingerprint density at radius 3 is 2.14 bits per heavy atom. The van der Waals surface area contributed by atoms with Crippen molar-refractivity contribution < 1.29 is 18.5 Å². The van der Waals surface area contributed by atoms with Gasteiger partial charge in [-0.1, -0.05) is 0 Å². The van der Waals surface area contributed by atoms with Crippen molar-refractivity contribution in [2.75, 3.05) is 14.1 Å². The summed E-state index contributed by atoms with van der Waals surface area (Å²) >= 11 is 0. The standard InChI is InChI=1S/C15H21BFNO3/c1-14(2)15(3,4)21-16(20-14)11-9-10(7-8-12(11)17)13(19)18(5)6/h7-9H,1-6H3. The van der Waals surface area contributed by atoms with E-state index in [2.05, 4.69) is 0 Å². The Hall–Kier alpha value is -1.40. The van der Waals surface area contributed by atoms with E-state index < -0.39 is 24.1 Å². The van der Waals surface area contributed by atoms with E-state index in [1.807, 2.05) is 27.7 Å². The average molecular weight is 293 g/mol. The first kappa shape index (κ1) is 16.0. The van der Waals surface area contributed by atoms with E-state index in [0.717, 1.165) is 0 Å². The zero-order valence-electron chi connectivity index (χ0n) is 13.4. The number of hydrogen-bond acceptors (Lipinski definition) is 3. The number of amides is 1. The van der Waals surface area contributed by atoms with Crippen molar-refractivity contribution in [3.05, 3.63) is 29.6 Å². The minimum atomic E-state index is -0.815. The zero-order chi connectivity index (χ0) is 16.0. The van der Waals surface area contributed by atoms with Crippen molar-refractivity contribution in [3.8, 4) is 0 Å². The summed E-state index contributed by atoms with van der Waals surface area (Å²) in [7, 11) is 2.49. The number of carbonyl (C=O) groups excluding carboxylic acids is 1. The maximum atomic E-state index is 14.1. The molecular formula is C15H21BFNO3. The van der Waals surface area contributed by atoms with Crippen LogP contribution in [0.4, 0.5) is 4.39 Å². The average Bonchev–Trinajstić information content (AvgIpc) is 2.57. The van der Waals surface area contributed by atoms with Crippen molar-refractivity contribution >= 4 is 18.5 Å². The van der Waals surface area contributed by atoms with Crippen molar-refractivity contribution in [1.82, 2.24) is 4.90 Å². The summed E-state index contributed by atoms with van der Waals surface area (Å²) in [5.74, 6) is -0.628. The Labute approximate surface area is 125 Å². The van der Waals surface area contributed by atoms with Crippen LogP contribution in [0.25, 0.3) is 0 Å². The number of halogens is 1. The van der Waals surface area contributed by atoms with Crippen LogP contribution in [0.15, 0.2) is 18.2 Å². The largest absolute Gasteiger partial charge is 0.497 e. The topological polar surface area (TPSA) is 38.8 Å². The van der Waals surface area contributed by atoms with E-state index in [1.165, 1.54) is 23.1 Å². The van der Waals surface area contributed by atoms with Gasteiger partial charge in [-0.05, 0) is 45.9 Å². The van der Waals surface area contributed by atoms with Gasteiger partial charge in [0.2, 0.25) is 0 Å². The second-order valence-electron chi connectivity index (χ2n) is 6.52. The Morgan fingerprint density at radius 2 is 1.67 bits per heavy atom. The van der Waals surface area contributed by atoms with Gasteiger partial charge in [-0.2, -0.15) is 0 Å². The first-order valence-electron chi connectivity index (χ1n) is 6.92. The Morgan fingerprint density at radius 1 is 1.14 bits per heavy atom. The predicted octanol–water partition coefficient (Wildman–Crippen LogP) is 1.83. The number of hydrogen-bond donors (Lipinski definition) is 0. The van der Waals surface area contributed by atoms with Crippen LogP contribution in [0.5, 0.6) is 0 Å². The van der Waals surface area contributed by atoms with Gasteiger partial charge in [0.15, 0.2) is 0 Å². The Kier molecular flexibility index (Phi) is 3.89. The molecule has 0 unspecified atom stereocenters. The third kappa shape index (κ3) is 2.83. The first-order valence-corrected chi connectivity index (χ1v) is 6.92. The van der Waals surface area contributed by atoms with Crippen LogP contribution < -0.4 is 5.46 Å². The minimum absolute atomic E-state index is 0.187. The van der Waals surface area contributed by atoms with E-state index in [1.54, 1.807) is 14.1 Å². The molecule has 1 aliphatic rings. The molecule has 1 heterocycles. The molecule has 1 aliphatic heterocycles. The Balaban J connectivity index is 2.37. The molecule has 0 atom stereocenters. The molecule has 0 N–H and O–H groups in total. The number of rotatable bonds is 2. The van der Waals surface area contributed by atoms with Crippen LogP contribution in [-0.2, 0) is 9.31 Å². The van der Waals surface area contributed by atoms with Crippen LogP contribution in [0, 0.1) is 5.82 Å². The monoisotopic (exact) mass is 293 g/mol. The lowest BCUT2D eigenvalue weighted by atomic mass is 9.78. The third-order valence-electron chi connectivity index (χ3n) is 4.16. The summed E-state index contributed by atoms with van der Waals surface area (Å²) in [5, 5.41) is 0. The number of carbonyl (C=O) groups is 1. The number of benzene rings is 1. The molecular weight excluding hydrogens is 272 g/mol. The maximum absolute atomic E-state index is 14.1. The fourth-order valence-corrected chi connectivity index (χ4v) is 2.09. The second-order valence-corrected chi connectivity index (χ2v) is 6.52. The molecule has 0 radical (unpaired) electrons. The van der Waals surface area contributed by atoms with E-state index in [-0.39, 0.29) is 11.4 Å². The molecule has 6 heteroatoms. The van der Waals surface area contributed by atoms with Gasteiger partial charge in [0, 0.05) is 25.1 Å². The van der Waals surface area contributed by atoms with Crippen molar-refractivity contribution in [2.45, 2.75) is 38.9 Å². The van der Waals surface area contributed by atoms with E-state index in [9.17, 15) is 9.18 Å². The summed E-state index contributed by atoms with van der Waals surface area (Å²) in [6.45, 7) is 7.61. The minimum Gasteiger partial charge on any atom is -0.399 e. The Bertz CT molecular complexity index is 556. The summed E-state index contributed by atoms with van der Waals surface area (Å²) in [4.78, 5) is 13.4. The third-order valence-corrected chi connectivity index (χ3v) is 4.16. The quantitative estimate of drug-likeness (QED) is 0.781. The van der Waals surface area contributed by atoms with E-state index in [4.69, 9.17) is 9.31 Å². The highest BCUT2D eigenvalue weighted by Crippen LogP contribution is 2.36. The zero-order valence-corrected chi connectivity index (χ0v) is 13.4. The van der Waals surface area contributed by atoms with Gasteiger partial charge in [-0.3, -0.25) is 4.79 Å². The van der Waals surface area contributed by atoms with Crippen molar-refractivity contribution in [3.63, 3.8) is 0 Å². The lowest BCUT2D eigenvalue weighted by Gasteiger charge is -2.32.